The maximum absolute atomic E-state index is 5.85. The second-order valence-electron chi connectivity index (χ2n) is 4.02. The molecule has 4 nitrogen and oxygen atoms in total. The number of alkyl halides is 1. The molecule has 1 fully saturated rings. The van der Waals surface area contributed by atoms with Crippen LogP contribution in [0.3, 0.4) is 0 Å². The standard InChI is InChI=1S/C11H16ClN3O.ClH/c1-16-11-3-2-10(13-14-11)15-6-4-9(8-12)5-7-15;/h2-3,9H,4-8H2,1H3;1H. The molecule has 0 radical (unpaired) electrons. The number of ether oxygens (including phenoxy) is 1. The zero-order chi connectivity index (χ0) is 11.4. The van der Waals surface area contributed by atoms with E-state index in [1.54, 1.807) is 7.11 Å². The van der Waals surface area contributed by atoms with Gasteiger partial charge in [-0.15, -0.1) is 34.2 Å². The molecule has 0 bridgehead atoms. The van der Waals surface area contributed by atoms with Gasteiger partial charge in [-0.3, -0.25) is 0 Å². The van der Waals surface area contributed by atoms with Crippen molar-refractivity contribution in [3.05, 3.63) is 12.1 Å². The van der Waals surface area contributed by atoms with Gasteiger partial charge in [0.15, 0.2) is 5.82 Å². The summed E-state index contributed by atoms with van der Waals surface area (Å²) < 4.78 is 4.98. The van der Waals surface area contributed by atoms with Crippen LogP contribution in [0.4, 0.5) is 5.82 Å². The van der Waals surface area contributed by atoms with Gasteiger partial charge in [0, 0.05) is 25.0 Å². The lowest BCUT2D eigenvalue weighted by Gasteiger charge is -2.31. The van der Waals surface area contributed by atoms with Gasteiger partial charge in [0.05, 0.1) is 7.11 Å². The van der Waals surface area contributed by atoms with Gasteiger partial charge in [0.25, 0.3) is 0 Å². The second kappa shape index (κ2) is 6.87. The lowest BCUT2D eigenvalue weighted by Crippen LogP contribution is -2.34. The first-order chi connectivity index (χ1) is 7.83. The molecule has 0 amide bonds. The lowest BCUT2D eigenvalue weighted by molar-refractivity contribution is 0.390. The van der Waals surface area contributed by atoms with Crippen LogP contribution >= 0.6 is 24.0 Å². The maximum Gasteiger partial charge on any atom is 0.233 e. The second-order valence-corrected chi connectivity index (χ2v) is 4.33. The number of rotatable bonds is 3. The van der Waals surface area contributed by atoms with Crippen molar-refractivity contribution >= 4 is 29.8 Å². The van der Waals surface area contributed by atoms with Crippen molar-refractivity contribution in [3.63, 3.8) is 0 Å². The number of piperidine rings is 1. The highest BCUT2D eigenvalue weighted by molar-refractivity contribution is 6.18. The summed E-state index contributed by atoms with van der Waals surface area (Å²) in [6.45, 7) is 2.02. The van der Waals surface area contributed by atoms with Gasteiger partial charge in [-0.25, -0.2) is 0 Å². The minimum atomic E-state index is 0. The number of hydrogen-bond acceptors (Lipinski definition) is 4. The Hall–Kier alpha value is -0.740. The predicted octanol–water partition coefficient (Wildman–Crippen LogP) is 2.36. The molecule has 0 N–H and O–H groups in total. The van der Waals surface area contributed by atoms with Crippen LogP contribution in [-0.4, -0.2) is 36.3 Å². The number of aromatic nitrogens is 2. The first-order valence-electron chi connectivity index (χ1n) is 5.52. The molecule has 2 heterocycles. The Bertz CT molecular complexity index is 326. The molecule has 6 heteroatoms. The molecular formula is C11H17Cl2N3O. The van der Waals surface area contributed by atoms with Crippen LogP contribution in [-0.2, 0) is 0 Å². The van der Waals surface area contributed by atoms with Crippen molar-refractivity contribution in [1.82, 2.24) is 10.2 Å². The normalized spacial score (nSPS) is 16.5. The van der Waals surface area contributed by atoms with E-state index in [-0.39, 0.29) is 12.4 Å². The van der Waals surface area contributed by atoms with E-state index >= 15 is 0 Å². The third kappa shape index (κ3) is 3.61. The van der Waals surface area contributed by atoms with E-state index in [2.05, 4.69) is 15.1 Å². The van der Waals surface area contributed by atoms with Crippen LogP contribution in [0.1, 0.15) is 12.8 Å². The van der Waals surface area contributed by atoms with Crippen LogP contribution < -0.4 is 9.64 Å². The molecule has 0 atom stereocenters. The van der Waals surface area contributed by atoms with E-state index < -0.39 is 0 Å². The smallest absolute Gasteiger partial charge is 0.233 e. The van der Waals surface area contributed by atoms with Gasteiger partial charge in [-0.1, -0.05) is 0 Å². The Morgan fingerprint density at radius 3 is 2.53 bits per heavy atom. The van der Waals surface area contributed by atoms with Gasteiger partial charge >= 0.3 is 0 Å². The Morgan fingerprint density at radius 1 is 1.35 bits per heavy atom. The molecule has 1 aliphatic rings. The lowest BCUT2D eigenvalue weighted by atomic mass is 9.99. The summed E-state index contributed by atoms with van der Waals surface area (Å²) in [5, 5.41) is 8.11. The molecule has 1 aromatic heterocycles. The largest absolute Gasteiger partial charge is 0.480 e. The fourth-order valence-electron chi connectivity index (χ4n) is 1.91. The van der Waals surface area contributed by atoms with Crippen molar-refractivity contribution in [3.8, 4) is 5.88 Å². The highest BCUT2D eigenvalue weighted by Gasteiger charge is 2.19. The predicted molar refractivity (Wildman–Crippen MR) is 71.5 cm³/mol. The summed E-state index contributed by atoms with van der Waals surface area (Å²) in [4.78, 5) is 2.25. The molecule has 0 spiro atoms. The van der Waals surface area contributed by atoms with E-state index in [0.29, 0.717) is 11.8 Å². The zero-order valence-electron chi connectivity index (χ0n) is 9.80. The minimum absolute atomic E-state index is 0. The molecule has 1 saturated heterocycles. The molecule has 0 aromatic carbocycles. The number of halogens is 2. The SMILES string of the molecule is COc1ccc(N2CCC(CCl)CC2)nn1.Cl. The Balaban J connectivity index is 0.00000144. The summed E-state index contributed by atoms with van der Waals surface area (Å²) in [6, 6.07) is 3.79. The van der Waals surface area contributed by atoms with Crippen LogP contribution in [0, 0.1) is 5.92 Å². The fourth-order valence-corrected chi connectivity index (χ4v) is 2.22. The Kier molecular flexibility index (Phi) is 5.78. The van der Waals surface area contributed by atoms with Gasteiger partial charge in [0.1, 0.15) is 0 Å². The van der Waals surface area contributed by atoms with E-state index in [0.717, 1.165) is 37.6 Å². The summed E-state index contributed by atoms with van der Waals surface area (Å²) in [5.41, 5.74) is 0. The number of hydrogen-bond donors (Lipinski definition) is 0. The van der Waals surface area contributed by atoms with Crippen LogP contribution in [0.2, 0.25) is 0 Å². The summed E-state index contributed by atoms with van der Waals surface area (Å²) in [7, 11) is 1.59. The molecule has 0 unspecified atom stereocenters. The Morgan fingerprint density at radius 2 is 2.06 bits per heavy atom. The molecule has 1 aliphatic heterocycles. The zero-order valence-corrected chi connectivity index (χ0v) is 11.4. The molecule has 0 aliphatic carbocycles. The quantitative estimate of drug-likeness (QED) is 0.796. The molecule has 96 valence electrons. The highest BCUT2D eigenvalue weighted by atomic mass is 35.5. The molecule has 17 heavy (non-hydrogen) atoms. The van der Waals surface area contributed by atoms with Crippen molar-refractivity contribution in [2.45, 2.75) is 12.8 Å². The topological polar surface area (TPSA) is 38.2 Å². The summed E-state index contributed by atoms with van der Waals surface area (Å²) in [5.74, 6) is 2.90. The van der Waals surface area contributed by atoms with E-state index in [1.165, 1.54) is 0 Å². The third-order valence-electron chi connectivity index (χ3n) is 2.99. The van der Waals surface area contributed by atoms with Crippen LogP contribution in [0.25, 0.3) is 0 Å². The number of anilines is 1. The van der Waals surface area contributed by atoms with E-state index in [1.807, 2.05) is 12.1 Å². The maximum atomic E-state index is 5.85. The fraction of sp³-hybridized carbons (Fsp3) is 0.636. The third-order valence-corrected chi connectivity index (χ3v) is 3.43. The molecule has 0 saturated carbocycles. The van der Waals surface area contributed by atoms with Gasteiger partial charge in [-0.05, 0) is 24.8 Å². The van der Waals surface area contributed by atoms with Crippen LogP contribution in [0.5, 0.6) is 5.88 Å². The van der Waals surface area contributed by atoms with Crippen molar-refractivity contribution in [2.75, 3.05) is 31.0 Å². The van der Waals surface area contributed by atoms with Crippen LogP contribution in [0.15, 0.2) is 12.1 Å². The average Bonchev–Trinajstić information content (AvgIpc) is 2.39. The number of methoxy groups -OCH3 is 1. The molecule has 2 rings (SSSR count). The van der Waals surface area contributed by atoms with Crippen molar-refractivity contribution < 1.29 is 4.74 Å². The van der Waals surface area contributed by atoms with E-state index in [4.69, 9.17) is 16.3 Å². The minimum Gasteiger partial charge on any atom is -0.480 e. The van der Waals surface area contributed by atoms with Crippen molar-refractivity contribution in [2.24, 2.45) is 5.92 Å². The summed E-state index contributed by atoms with van der Waals surface area (Å²) in [6.07, 6.45) is 2.27. The number of nitrogens with zero attached hydrogens (tertiary/aromatic N) is 3. The molecule has 1 aromatic rings. The average molecular weight is 278 g/mol. The summed E-state index contributed by atoms with van der Waals surface area (Å²) >= 11 is 5.85. The van der Waals surface area contributed by atoms with Gasteiger partial charge in [0.2, 0.25) is 5.88 Å². The first kappa shape index (κ1) is 14.3. The van der Waals surface area contributed by atoms with Gasteiger partial charge in [-0.2, -0.15) is 0 Å². The van der Waals surface area contributed by atoms with Gasteiger partial charge < -0.3 is 9.64 Å². The Labute approximate surface area is 113 Å². The molecular weight excluding hydrogens is 261 g/mol. The highest BCUT2D eigenvalue weighted by Crippen LogP contribution is 2.22. The van der Waals surface area contributed by atoms with Crippen molar-refractivity contribution in [1.29, 1.82) is 0 Å². The van der Waals surface area contributed by atoms with E-state index in [9.17, 15) is 0 Å². The monoisotopic (exact) mass is 277 g/mol. The first-order valence-corrected chi connectivity index (χ1v) is 6.05.